The molecule has 0 atom stereocenters. The molecule has 0 bridgehead atoms. The maximum atomic E-state index is 5.59. The molecular weight excluding hydrogens is 240 g/mol. The van der Waals surface area contributed by atoms with Crippen LogP contribution in [0.15, 0.2) is 37.1 Å². The molecule has 1 aromatic carbocycles. The molecule has 99 valence electrons. The van der Waals surface area contributed by atoms with Gasteiger partial charge in [0.25, 0.3) is 0 Å². The predicted octanol–water partition coefficient (Wildman–Crippen LogP) is 2.77. The van der Waals surface area contributed by atoms with Crippen molar-refractivity contribution in [3.63, 3.8) is 0 Å². The molecule has 0 unspecified atom stereocenters. The lowest BCUT2D eigenvalue weighted by atomic mass is 10.1. The lowest BCUT2D eigenvalue weighted by molar-refractivity contribution is 0.121. The molecule has 0 aliphatic carbocycles. The van der Waals surface area contributed by atoms with E-state index in [2.05, 4.69) is 22.8 Å². The Balaban J connectivity index is 1.96. The summed E-state index contributed by atoms with van der Waals surface area (Å²) in [6, 6.07) is 8.84. The van der Waals surface area contributed by atoms with E-state index in [-0.39, 0.29) is 0 Å². The van der Waals surface area contributed by atoms with E-state index in [0.717, 1.165) is 16.8 Å². The second-order valence-electron chi connectivity index (χ2n) is 4.04. The Kier molecular flexibility index (Phi) is 4.75. The summed E-state index contributed by atoms with van der Waals surface area (Å²) in [5, 5.41) is 6.97. The average Bonchev–Trinajstić information content (AvgIpc) is 2.85. The molecule has 1 aromatic heterocycles. The van der Waals surface area contributed by atoms with Crippen LogP contribution in [0.1, 0.15) is 5.69 Å². The number of benzene rings is 1. The molecular formula is C15H17N2O2. The number of aryl methyl sites for hydroxylation is 1. The Morgan fingerprint density at radius 1 is 1.47 bits per heavy atom. The standard InChI is InChI=1S/C15H17N2O2/c1-3-7-18-8-9-19-14-6-4-5-13(10-14)15-11-16-17-12(15)2/h3-5,10-11H,1,7-9H2,2H3,(H,16,17). The Morgan fingerprint density at radius 2 is 2.37 bits per heavy atom. The van der Waals surface area contributed by atoms with Crippen molar-refractivity contribution in [1.82, 2.24) is 10.2 Å². The first-order chi connectivity index (χ1) is 9.31. The topological polar surface area (TPSA) is 47.1 Å². The fourth-order valence-corrected chi connectivity index (χ4v) is 1.72. The summed E-state index contributed by atoms with van der Waals surface area (Å²) in [6.45, 7) is 7.13. The number of nitrogens with one attached hydrogen (secondary N) is 1. The number of aromatic nitrogens is 2. The van der Waals surface area contributed by atoms with Gasteiger partial charge in [-0.2, -0.15) is 5.10 Å². The molecule has 0 aliphatic rings. The molecule has 2 rings (SSSR count). The van der Waals surface area contributed by atoms with Crippen LogP contribution in [0.2, 0.25) is 0 Å². The van der Waals surface area contributed by atoms with Crippen LogP contribution in [0.3, 0.4) is 0 Å². The summed E-state index contributed by atoms with van der Waals surface area (Å²) in [7, 11) is 0. The van der Waals surface area contributed by atoms with E-state index < -0.39 is 0 Å². The smallest absolute Gasteiger partial charge is 0.128 e. The largest absolute Gasteiger partial charge is 0.491 e. The minimum atomic E-state index is 0.498. The third kappa shape index (κ3) is 3.69. The molecule has 0 aliphatic heterocycles. The second-order valence-corrected chi connectivity index (χ2v) is 4.04. The number of hydrogen-bond donors (Lipinski definition) is 1. The Labute approximate surface area is 113 Å². The third-order valence-corrected chi connectivity index (χ3v) is 2.64. The molecule has 0 saturated heterocycles. The molecule has 19 heavy (non-hydrogen) atoms. The first kappa shape index (κ1) is 13.4. The SMILES string of the molecule is C=CCOCCOc1[c]ccc(-c2c[nH]nc2C)c1. The Bertz CT molecular complexity index is 534. The fourth-order valence-electron chi connectivity index (χ4n) is 1.72. The minimum Gasteiger partial charge on any atom is -0.491 e. The summed E-state index contributed by atoms with van der Waals surface area (Å²) in [5.74, 6) is 0.709. The molecule has 1 radical (unpaired) electrons. The summed E-state index contributed by atoms with van der Waals surface area (Å²) in [4.78, 5) is 0. The second kappa shape index (κ2) is 6.75. The number of H-pyrrole nitrogens is 1. The van der Waals surface area contributed by atoms with Gasteiger partial charge in [0.05, 0.1) is 18.9 Å². The summed E-state index contributed by atoms with van der Waals surface area (Å²) in [6.07, 6.45) is 3.59. The van der Waals surface area contributed by atoms with E-state index in [1.807, 2.05) is 31.3 Å². The number of rotatable bonds is 7. The van der Waals surface area contributed by atoms with Crippen LogP contribution in [0, 0.1) is 13.0 Å². The Morgan fingerprint density at radius 3 is 3.11 bits per heavy atom. The number of nitrogens with zero attached hydrogens (tertiary/aromatic N) is 1. The van der Waals surface area contributed by atoms with E-state index in [1.165, 1.54) is 0 Å². The zero-order valence-electron chi connectivity index (χ0n) is 11.0. The molecule has 4 nitrogen and oxygen atoms in total. The van der Waals surface area contributed by atoms with Crippen molar-refractivity contribution < 1.29 is 9.47 Å². The normalized spacial score (nSPS) is 10.4. The summed E-state index contributed by atoms with van der Waals surface area (Å²) in [5.41, 5.74) is 3.10. The first-order valence-electron chi connectivity index (χ1n) is 6.15. The molecule has 1 N–H and O–H groups in total. The van der Waals surface area contributed by atoms with Crippen LogP contribution in [0.25, 0.3) is 11.1 Å². The van der Waals surface area contributed by atoms with Crippen molar-refractivity contribution >= 4 is 0 Å². The van der Waals surface area contributed by atoms with Crippen molar-refractivity contribution in [2.24, 2.45) is 0 Å². The first-order valence-corrected chi connectivity index (χ1v) is 6.15. The molecule has 0 spiro atoms. The highest BCUT2D eigenvalue weighted by molar-refractivity contribution is 5.66. The van der Waals surface area contributed by atoms with E-state index in [0.29, 0.717) is 25.6 Å². The molecule has 4 heteroatoms. The molecule has 0 fully saturated rings. The van der Waals surface area contributed by atoms with Gasteiger partial charge in [-0.25, -0.2) is 0 Å². The van der Waals surface area contributed by atoms with E-state index in [9.17, 15) is 0 Å². The minimum absolute atomic E-state index is 0.498. The lowest BCUT2D eigenvalue weighted by Gasteiger charge is -2.07. The van der Waals surface area contributed by atoms with E-state index in [4.69, 9.17) is 9.47 Å². The van der Waals surface area contributed by atoms with Gasteiger partial charge in [0.1, 0.15) is 12.4 Å². The zero-order chi connectivity index (χ0) is 13.5. The molecule has 2 aromatic rings. The molecule has 1 heterocycles. The number of hydrogen-bond acceptors (Lipinski definition) is 3. The fraction of sp³-hybridized carbons (Fsp3) is 0.267. The van der Waals surface area contributed by atoms with E-state index >= 15 is 0 Å². The van der Waals surface area contributed by atoms with Gasteiger partial charge in [0, 0.05) is 17.8 Å². The van der Waals surface area contributed by atoms with Gasteiger partial charge >= 0.3 is 0 Å². The van der Waals surface area contributed by atoms with Gasteiger partial charge in [-0.1, -0.05) is 12.1 Å². The summed E-state index contributed by atoms with van der Waals surface area (Å²) < 4.78 is 10.8. The van der Waals surface area contributed by atoms with Crippen molar-refractivity contribution in [3.8, 4) is 16.9 Å². The van der Waals surface area contributed by atoms with Crippen molar-refractivity contribution in [2.75, 3.05) is 19.8 Å². The number of ether oxygens (including phenoxy) is 2. The molecule has 0 saturated carbocycles. The van der Waals surface area contributed by atoms with Gasteiger partial charge < -0.3 is 9.47 Å². The van der Waals surface area contributed by atoms with Gasteiger partial charge in [-0.3, -0.25) is 5.10 Å². The highest BCUT2D eigenvalue weighted by Crippen LogP contribution is 2.24. The van der Waals surface area contributed by atoms with Crippen molar-refractivity contribution in [2.45, 2.75) is 6.92 Å². The summed E-state index contributed by atoms with van der Waals surface area (Å²) >= 11 is 0. The van der Waals surface area contributed by atoms with Crippen molar-refractivity contribution in [3.05, 3.63) is 48.8 Å². The van der Waals surface area contributed by atoms with Gasteiger partial charge in [0.15, 0.2) is 0 Å². The Hall–Kier alpha value is -2.07. The lowest BCUT2D eigenvalue weighted by Crippen LogP contribution is -2.06. The van der Waals surface area contributed by atoms with Crippen molar-refractivity contribution in [1.29, 1.82) is 0 Å². The van der Waals surface area contributed by atoms with Crippen LogP contribution in [0.5, 0.6) is 5.75 Å². The maximum Gasteiger partial charge on any atom is 0.128 e. The monoisotopic (exact) mass is 257 g/mol. The average molecular weight is 257 g/mol. The number of aromatic amines is 1. The third-order valence-electron chi connectivity index (χ3n) is 2.64. The quantitative estimate of drug-likeness (QED) is 0.613. The van der Waals surface area contributed by atoms with Crippen LogP contribution in [-0.4, -0.2) is 30.0 Å². The van der Waals surface area contributed by atoms with Crippen LogP contribution in [-0.2, 0) is 4.74 Å². The predicted molar refractivity (Wildman–Crippen MR) is 74.1 cm³/mol. The van der Waals surface area contributed by atoms with Crippen LogP contribution < -0.4 is 4.74 Å². The highest BCUT2D eigenvalue weighted by Gasteiger charge is 2.05. The van der Waals surface area contributed by atoms with Gasteiger partial charge in [-0.15, -0.1) is 6.58 Å². The van der Waals surface area contributed by atoms with Crippen LogP contribution in [0.4, 0.5) is 0 Å². The molecule has 0 amide bonds. The van der Waals surface area contributed by atoms with Crippen LogP contribution >= 0.6 is 0 Å². The van der Waals surface area contributed by atoms with Gasteiger partial charge in [0.2, 0.25) is 0 Å². The van der Waals surface area contributed by atoms with Gasteiger partial charge in [-0.05, 0) is 24.6 Å². The zero-order valence-corrected chi connectivity index (χ0v) is 11.0. The van der Waals surface area contributed by atoms with E-state index in [1.54, 1.807) is 6.08 Å². The highest BCUT2D eigenvalue weighted by atomic mass is 16.5. The maximum absolute atomic E-state index is 5.59.